The number of hydrogen-bond acceptors (Lipinski definition) is 4. The molecule has 3 nitrogen and oxygen atoms in total. The quantitative estimate of drug-likeness (QED) is 0.813. The summed E-state index contributed by atoms with van der Waals surface area (Å²) in [5, 5.41) is 5.27. The molecule has 3 N–H and O–H groups in total. The molecule has 0 amide bonds. The van der Waals surface area contributed by atoms with E-state index in [0.717, 1.165) is 22.0 Å². The van der Waals surface area contributed by atoms with Crippen LogP contribution in [0, 0.1) is 11.8 Å². The summed E-state index contributed by atoms with van der Waals surface area (Å²) in [5.41, 5.74) is 5.66. The number of aromatic nitrogens is 1. The van der Waals surface area contributed by atoms with Gasteiger partial charge in [-0.2, -0.15) is 0 Å². The highest BCUT2D eigenvalue weighted by Crippen LogP contribution is 2.32. The molecular weight excluding hydrogens is 206 g/mol. The fraction of sp³-hybridized carbons (Fsp3) is 0.727. The summed E-state index contributed by atoms with van der Waals surface area (Å²) < 4.78 is 0. The van der Waals surface area contributed by atoms with E-state index in [-0.39, 0.29) is 0 Å². The lowest BCUT2D eigenvalue weighted by atomic mass is 9.78. The summed E-state index contributed by atoms with van der Waals surface area (Å²) in [7, 11) is 0. The Morgan fingerprint density at radius 2 is 2.27 bits per heavy atom. The normalized spacial score (nSPS) is 31.5. The van der Waals surface area contributed by atoms with Crippen LogP contribution in [0.2, 0.25) is 0 Å². The van der Waals surface area contributed by atoms with Gasteiger partial charge in [0.1, 0.15) is 5.00 Å². The topological polar surface area (TPSA) is 50.9 Å². The van der Waals surface area contributed by atoms with Crippen LogP contribution in [0.3, 0.4) is 0 Å². The summed E-state index contributed by atoms with van der Waals surface area (Å²) in [4.78, 5) is 4.25. The van der Waals surface area contributed by atoms with E-state index < -0.39 is 0 Å². The number of nitrogen functional groups attached to an aromatic ring is 1. The number of rotatable bonds is 2. The molecule has 1 aliphatic rings. The van der Waals surface area contributed by atoms with Gasteiger partial charge in [-0.25, -0.2) is 4.98 Å². The fourth-order valence-corrected chi connectivity index (χ4v) is 2.94. The smallest absolute Gasteiger partial charge is 0.184 e. The number of hydrogen-bond donors (Lipinski definition) is 2. The Morgan fingerprint density at radius 3 is 2.93 bits per heavy atom. The monoisotopic (exact) mass is 225 g/mol. The molecule has 1 fully saturated rings. The van der Waals surface area contributed by atoms with Crippen LogP contribution < -0.4 is 11.1 Å². The summed E-state index contributed by atoms with van der Waals surface area (Å²) in [6, 6.07) is 0.569. The molecule has 0 spiro atoms. The molecular formula is C11H19N3S. The summed E-state index contributed by atoms with van der Waals surface area (Å²) in [6.07, 6.45) is 5.66. The molecule has 1 aromatic rings. The molecule has 1 heterocycles. The van der Waals surface area contributed by atoms with E-state index in [4.69, 9.17) is 5.73 Å². The van der Waals surface area contributed by atoms with Crippen molar-refractivity contribution in [3.63, 3.8) is 0 Å². The Morgan fingerprint density at radius 1 is 1.47 bits per heavy atom. The van der Waals surface area contributed by atoms with E-state index in [2.05, 4.69) is 24.1 Å². The average Bonchev–Trinajstić information content (AvgIpc) is 2.59. The summed E-state index contributed by atoms with van der Waals surface area (Å²) in [5.74, 6) is 1.54. The molecule has 0 aliphatic heterocycles. The maximum atomic E-state index is 5.66. The van der Waals surface area contributed by atoms with Gasteiger partial charge >= 0.3 is 0 Å². The molecule has 0 radical (unpaired) electrons. The van der Waals surface area contributed by atoms with Crippen molar-refractivity contribution in [3.05, 3.63) is 6.20 Å². The number of nitrogens with zero attached hydrogens (tertiary/aromatic N) is 1. The van der Waals surface area contributed by atoms with Crippen LogP contribution in [0.15, 0.2) is 6.20 Å². The van der Waals surface area contributed by atoms with Crippen molar-refractivity contribution in [1.82, 2.24) is 4.98 Å². The maximum absolute atomic E-state index is 5.66. The molecule has 15 heavy (non-hydrogen) atoms. The van der Waals surface area contributed by atoms with Crippen LogP contribution in [-0.2, 0) is 0 Å². The first-order valence-corrected chi connectivity index (χ1v) is 6.46. The summed E-state index contributed by atoms with van der Waals surface area (Å²) in [6.45, 7) is 4.67. The van der Waals surface area contributed by atoms with E-state index in [9.17, 15) is 0 Å². The van der Waals surface area contributed by atoms with Gasteiger partial charge in [0, 0.05) is 6.04 Å². The van der Waals surface area contributed by atoms with Crippen LogP contribution in [-0.4, -0.2) is 11.0 Å². The van der Waals surface area contributed by atoms with Gasteiger partial charge < -0.3 is 11.1 Å². The second-order valence-corrected chi connectivity index (χ2v) is 5.65. The molecule has 0 aromatic carbocycles. The zero-order valence-electron chi connectivity index (χ0n) is 9.36. The highest BCUT2D eigenvalue weighted by Gasteiger charge is 2.27. The largest absolute Gasteiger partial charge is 0.389 e. The number of nitrogens with two attached hydrogens (primary N) is 1. The molecule has 1 aliphatic carbocycles. The van der Waals surface area contributed by atoms with Gasteiger partial charge in [-0.05, 0) is 18.3 Å². The molecule has 0 bridgehead atoms. The van der Waals surface area contributed by atoms with E-state index in [1.54, 1.807) is 17.5 Å². The van der Waals surface area contributed by atoms with Crippen molar-refractivity contribution in [2.75, 3.05) is 11.1 Å². The third-order valence-corrected chi connectivity index (χ3v) is 4.30. The van der Waals surface area contributed by atoms with Crippen molar-refractivity contribution >= 4 is 21.5 Å². The van der Waals surface area contributed by atoms with Crippen LogP contribution in [0.25, 0.3) is 0 Å². The fourth-order valence-electron chi connectivity index (χ4n) is 2.30. The standard InChI is InChI=1S/C11H19N3S/c1-7-4-3-5-9(8(7)2)14-11-13-6-10(12)15-11/h6-9H,3-5,12H2,1-2H3,(H,13,14). The minimum Gasteiger partial charge on any atom is -0.389 e. The van der Waals surface area contributed by atoms with Crippen molar-refractivity contribution in [1.29, 1.82) is 0 Å². The number of thiazole rings is 1. The Bertz CT molecular complexity index is 323. The molecule has 3 atom stereocenters. The van der Waals surface area contributed by atoms with E-state index in [0.29, 0.717) is 6.04 Å². The predicted octanol–water partition coefficient (Wildman–Crippen LogP) is 2.96. The van der Waals surface area contributed by atoms with Crippen molar-refractivity contribution in [2.24, 2.45) is 11.8 Å². The van der Waals surface area contributed by atoms with Crippen LogP contribution in [0.4, 0.5) is 10.1 Å². The Hall–Kier alpha value is -0.770. The molecule has 84 valence electrons. The lowest BCUT2D eigenvalue weighted by Gasteiger charge is -2.34. The molecule has 4 heteroatoms. The van der Waals surface area contributed by atoms with Crippen molar-refractivity contribution in [3.8, 4) is 0 Å². The second kappa shape index (κ2) is 4.39. The SMILES string of the molecule is CC1CCCC(Nc2ncc(N)s2)C1C. The number of nitrogens with one attached hydrogen (secondary N) is 1. The Balaban J connectivity index is 1.99. The lowest BCUT2D eigenvalue weighted by molar-refractivity contribution is 0.253. The van der Waals surface area contributed by atoms with Gasteiger partial charge in [0.15, 0.2) is 5.13 Å². The Kier molecular flexibility index (Phi) is 3.14. The average molecular weight is 225 g/mol. The van der Waals surface area contributed by atoms with E-state index >= 15 is 0 Å². The number of anilines is 2. The minimum absolute atomic E-state index is 0.569. The zero-order chi connectivity index (χ0) is 10.8. The van der Waals surface area contributed by atoms with E-state index in [1.807, 2.05) is 0 Å². The van der Waals surface area contributed by atoms with Crippen LogP contribution >= 0.6 is 11.3 Å². The molecule has 3 unspecified atom stereocenters. The highest BCUT2D eigenvalue weighted by molar-refractivity contribution is 7.19. The molecule has 1 saturated carbocycles. The molecule has 2 rings (SSSR count). The van der Waals surface area contributed by atoms with Gasteiger partial charge in [-0.1, -0.05) is 38.0 Å². The first-order chi connectivity index (χ1) is 7.16. The van der Waals surface area contributed by atoms with Crippen molar-refractivity contribution in [2.45, 2.75) is 39.2 Å². The van der Waals surface area contributed by atoms with Gasteiger partial charge in [0.05, 0.1) is 6.20 Å². The maximum Gasteiger partial charge on any atom is 0.184 e. The third kappa shape index (κ3) is 2.43. The first kappa shape index (κ1) is 10.7. The first-order valence-electron chi connectivity index (χ1n) is 5.64. The van der Waals surface area contributed by atoms with Gasteiger partial charge in [-0.15, -0.1) is 0 Å². The molecule has 1 aromatic heterocycles. The van der Waals surface area contributed by atoms with Gasteiger partial charge in [-0.3, -0.25) is 0 Å². The highest BCUT2D eigenvalue weighted by atomic mass is 32.1. The van der Waals surface area contributed by atoms with Gasteiger partial charge in [0.25, 0.3) is 0 Å². The summed E-state index contributed by atoms with van der Waals surface area (Å²) >= 11 is 1.54. The van der Waals surface area contributed by atoms with Crippen LogP contribution in [0.5, 0.6) is 0 Å². The second-order valence-electron chi connectivity index (χ2n) is 4.59. The minimum atomic E-state index is 0.569. The lowest BCUT2D eigenvalue weighted by Crippen LogP contribution is -2.34. The zero-order valence-corrected chi connectivity index (χ0v) is 10.2. The van der Waals surface area contributed by atoms with Crippen molar-refractivity contribution < 1.29 is 0 Å². The Labute approximate surface area is 95.1 Å². The predicted molar refractivity (Wildman–Crippen MR) is 66.1 cm³/mol. The molecule has 0 saturated heterocycles. The van der Waals surface area contributed by atoms with Gasteiger partial charge in [0.2, 0.25) is 0 Å². The van der Waals surface area contributed by atoms with Crippen LogP contribution in [0.1, 0.15) is 33.1 Å². The van der Waals surface area contributed by atoms with E-state index in [1.165, 1.54) is 19.3 Å². The third-order valence-electron chi connectivity index (χ3n) is 3.54.